The van der Waals surface area contributed by atoms with Gasteiger partial charge in [0.2, 0.25) is 5.91 Å². The molecule has 17 heavy (non-hydrogen) atoms. The van der Waals surface area contributed by atoms with E-state index in [-0.39, 0.29) is 5.82 Å². The number of carboxylic acids is 1. The molecule has 1 aliphatic rings. The molecule has 1 aromatic carbocycles. The van der Waals surface area contributed by atoms with Crippen LogP contribution >= 0.6 is 0 Å². The average molecular weight is 237 g/mol. The first kappa shape index (κ1) is 11.6. The number of carbonyl (C=O) groups is 2. The van der Waals surface area contributed by atoms with E-state index in [0.29, 0.717) is 24.2 Å². The van der Waals surface area contributed by atoms with Crippen LogP contribution in [0.5, 0.6) is 0 Å². The Kier molecular flexibility index (Phi) is 2.83. The Hall–Kier alpha value is -1.91. The van der Waals surface area contributed by atoms with E-state index >= 15 is 0 Å². The van der Waals surface area contributed by atoms with Crippen molar-refractivity contribution >= 4 is 17.6 Å². The molecule has 5 heteroatoms. The molecule has 1 fully saturated rings. The molecule has 0 aromatic heterocycles. The number of halogens is 1. The Morgan fingerprint density at radius 2 is 2.24 bits per heavy atom. The monoisotopic (exact) mass is 237 g/mol. The Balaban J connectivity index is 2.27. The number of hydrogen-bond donors (Lipinski definition) is 1. The van der Waals surface area contributed by atoms with Crippen LogP contribution in [0.15, 0.2) is 18.2 Å². The molecule has 0 saturated carbocycles. The second-order valence-corrected chi connectivity index (χ2v) is 4.10. The van der Waals surface area contributed by atoms with Crippen LogP contribution in [0.3, 0.4) is 0 Å². The maximum Gasteiger partial charge on any atom is 0.316 e. The highest BCUT2D eigenvalue weighted by atomic mass is 19.1. The van der Waals surface area contributed by atoms with Crippen molar-refractivity contribution in [3.63, 3.8) is 0 Å². The lowest BCUT2D eigenvalue weighted by atomic mass is 10.1. The maximum absolute atomic E-state index is 13.1. The van der Waals surface area contributed by atoms with Gasteiger partial charge in [-0.3, -0.25) is 9.59 Å². The summed E-state index contributed by atoms with van der Waals surface area (Å²) in [7, 11) is 0. The first-order valence-electron chi connectivity index (χ1n) is 5.31. The van der Waals surface area contributed by atoms with Crippen molar-refractivity contribution in [2.45, 2.75) is 13.3 Å². The number of anilines is 1. The molecule has 1 saturated heterocycles. The molecule has 1 amide bonds. The van der Waals surface area contributed by atoms with Crippen LogP contribution in [0, 0.1) is 18.7 Å². The van der Waals surface area contributed by atoms with E-state index in [2.05, 4.69) is 0 Å². The van der Waals surface area contributed by atoms with Gasteiger partial charge in [-0.2, -0.15) is 0 Å². The molecule has 1 aliphatic heterocycles. The quantitative estimate of drug-likeness (QED) is 0.794. The van der Waals surface area contributed by atoms with Crippen molar-refractivity contribution in [1.82, 2.24) is 0 Å². The lowest BCUT2D eigenvalue weighted by molar-refractivity contribution is -0.144. The smallest absolute Gasteiger partial charge is 0.316 e. The van der Waals surface area contributed by atoms with E-state index in [1.54, 1.807) is 13.0 Å². The summed E-state index contributed by atoms with van der Waals surface area (Å²) < 4.78 is 13.1. The van der Waals surface area contributed by atoms with Gasteiger partial charge in [0.1, 0.15) is 11.7 Å². The lowest BCUT2D eigenvalue weighted by Gasteiger charge is -2.16. The highest BCUT2D eigenvalue weighted by Crippen LogP contribution is 2.26. The molecular weight excluding hydrogens is 225 g/mol. The standard InChI is InChI=1S/C12H12FNO3/c1-7-6-8(2-3-10(7)13)14-5-4-9(11(14)15)12(16)17/h2-3,6,9H,4-5H2,1H3,(H,16,17). The van der Waals surface area contributed by atoms with Crippen molar-refractivity contribution in [3.05, 3.63) is 29.6 Å². The molecule has 1 atom stereocenters. The summed E-state index contributed by atoms with van der Waals surface area (Å²) in [5.74, 6) is -2.84. The minimum Gasteiger partial charge on any atom is -0.481 e. The molecule has 0 aliphatic carbocycles. The second-order valence-electron chi connectivity index (χ2n) is 4.10. The number of nitrogens with zero attached hydrogens (tertiary/aromatic N) is 1. The van der Waals surface area contributed by atoms with Gasteiger partial charge in [0.15, 0.2) is 0 Å². The summed E-state index contributed by atoms with van der Waals surface area (Å²) in [6, 6.07) is 4.33. The molecule has 2 rings (SSSR count). The molecule has 1 N–H and O–H groups in total. The van der Waals surface area contributed by atoms with E-state index in [1.165, 1.54) is 17.0 Å². The Labute approximate surface area is 97.7 Å². The first-order chi connectivity index (χ1) is 8.00. The average Bonchev–Trinajstić information content (AvgIpc) is 2.64. The molecule has 1 heterocycles. The largest absolute Gasteiger partial charge is 0.481 e. The highest BCUT2D eigenvalue weighted by molar-refractivity contribution is 6.07. The van der Waals surface area contributed by atoms with Gasteiger partial charge in [0.05, 0.1) is 0 Å². The van der Waals surface area contributed by atoms with Crippen molar-refractivity contribution in [2.24, 2.45) is 5.92 Å². The van der Waals surface area contributed by atoms with Gasteiger partial charge in [-0.1, -0.05) is 0 Å². The van der Waals surface area contributed by atoms with Gasteiger partial charge in [0, 0.05) is 12.2 Å². The van der Waals surface area contributed by atoms with Gasteiger partial charge in [-0.15, -0.1) is 0 Å². The maximum atomic E-state index is 13.1. The number of amides is 1. The molecule has 0 bridgehead atoms. The molecule has 0 spiro atoms. The van der Waals surface area contributed by atoms with Gasteiger partial charge in [-0.05, 0) is 37.1 Å². The normalized spacial score (nSPS) is 19.8. The van der Waals surface area contributed by atoms with Crippen molar-refractivity contribution in [1.29, 1.82) is 0 Å². The predicted molar refractivity (Wildman–Crippen MR) is 59.2 cm³/mol. The number of aryl methyl sites for hydroxylation is 1. The van der Waals surface area contributed by atoms with Crippen molar-refractivity contribution < 1.29 is 19.1 Å². The van der Waals surface area contributed by atoms with Crippen LogP contribution in [0.2, 0.25) is 0 Å². The summed E-state index contributed by atoms with van der Waals surface area (Å²) in [5.41, 5.74) is 0.992. The van der Waals surface area contributed by atoms with Crippen LogP contribution in [0.4, 0.5) is 10.1 Å². The minimum atomic E-state index is -1.10. The fraction of sp³-hybridized carbons (Fsp3) is 0.333. The number of rotatable bonds is 2. The first-order valence-corrected chi connectivity index (χ1v) is 5.31. The van der Waals surface area contributed by atoms with Crippen LogP contribution in [0.1, 0.15) is 12.0 Å². The fourth-order valence-corrected chi connectivity index (χ4v) is 1.96. The molecule has 90 valence electrons. The summed E-state index contributed by atoms with van der Waals surface area (Å²) in [6.07, 6.45) is 0.296. The highest BCUT2D eigenvalue weighted by Gasteiger charge is 2.37. The number of carbonyl (C=O) groups excluding carboxylic acids is 1. The molecular formula is C12H12FNO3. The lowest BCUT2D eigenvalue weighted by Crippen LogP contribution is -2.30. The summed E-state index contributed by atoms with van der Waals surface area (Å²) in [4.78, 5) is 24.0. The van der Waals surface area contributed by atoms with Crippen LogP contribution in [-0.2, 0) is 9.59 Å². The number of aliphatic carboxylic acids is 1. The molecule has 1 aromatic rings. The van der Waals surface area contributed by atoms with Crippen molar-refractivity contribution in [3.8, 4) is 0 Å². The van der Waals surface area contributed by atoms with E-state index in [4.69, 9.17) is 5.11 Å². The van der Waals surface area contributed by atoms with Gasteiger partial charge in [0.25, 0.3) is 0 Å². The predicted octanol–water partition coefficient (Wildman–Crippen LogP) is 1.57. The molecule has 0 radical (unpaired) electrons. The van der Waals surface area contributed by atoms with E-state index in [9.17, 15) is 14.0 Å². The Bertz CT molecular complexity index is 487. The number of hydrogen-bond acceptors (Lipinski definition) is 2. The van der Waals surface area contributed by atoms with Gasteiger partial charge in [-0.25, -0.2) is 4.39 Å². The van der Waals surface area contributed by atoms with E-state index in [0.717, 1.165) is 0 Å². The Morgan fingerprint density at radius 3 is 2.76 bits per heavy atom. The van der Waals surface area contributed by atoms with Gasteiger partial charge < -0.3 is 10.0 Å². The zero-order valence-corrected chi connectivity index (χ0v) is 9.31. The van der Waals surface area contributed by atoms with Crippen LogP contribution in [-0.4, -0.2) is 23.5 Å². The number of benzene rings is 1. The minimum absolute atomic E-state index is 0.296. The summed E-state index contributed by atoms with van der Waals surface area (Å²) in [5, 5.41) is 8.84. The summed E-state index contributed by atoms with van der Waals surface area (Å²) in [6.45, 7) is 1.97. The van der Waals surface area contributed by atoms with Crippen LogP contribution in [0.25, 0.3) is 0 Å². The number of carboxylic acid groups (broad SMARTS) is 1. The van der Waals surface area contributed by atoms with Crippen LogP contribution < -0.4 is 4.90 Å². The zero-order chi connectivity index (χ0) is 12.6. The topological polar surface area (TPSA) is 57.6 Å². The molecule has 1 unspecified atom stereocenters. The van der Waals surface area contributed by atoms with Crippen molar-refractivity contribution in [2.75, 3.05) is 11.4 Å². The third kappa shape index (κ3) is 2.00. The fourth-order valence-electron chi connectivity index (χ4n) is 1.96. The molecule has 4 nitrogen and oxygen atoms in total. The summed E-state index contributed by atoms with van der Waals surface area (Å²) >= 11 is 0. The Morgan fingerprint density at radius 1 is 1.53 bits per heavy atom. The second kappa shape index (κ2) is 4.16. The van der Waals surface area contributed by atoms with E-state index in [1.807, 2.05) is 0 Å². The third-order valence-electron chi connectivity index (χ3n) is 2.96. The zero-order valence-electron chi connectivity index (χ0n) is 9.31. The SMILES string of the molecule is Cc1cc(N2CCC(C(=O)O)C2=O)ccc1F. The third-order valence-corrected chi connectivity index (χ3v) is 2.96. The van der Waals surface area contributed by atoms with E-state index < -0.39 is 17.8 Å². The van der Waals surface area contributed by atoms with Gasteiger partial charge >= 0.3 is 5.97 Å².